The number of nitrogens with one attached hydrogen (secondary N) is 1. The van der Waals surface area contributed by atoms with Gasteiger partial charge in [0, 0.05) is 18.8 Å². The minimum absolute atomic E-state index is 0.0340. The molecule has 2 heterocycles. The summed E-state index contributed by atoms with van der Waals surface area (Å²) >= 11 is 0. The Morgan fingerprint density at radius 3 is 2.71 bits per heavy atom. The second-order valence-electron chi connectivity index (χ2n) is 7.24. The minimum Gasteiger partial charge on any atom is -0.444 e. The first-order chi connectivity index (χ1) is 11.3. The van der Waals surface area contributed by atoms with E-state index in [4.69, 9.17) is 4.74 Å². The van der Waals surface area contributed by atoms with Gasteiger partial charge in [-0.2, -0.15) is 0 Å². The Morgan fingerprint density at radius 1 is 1.42 bits per heavy atom. The van der Waals surface area contributed by atoms with Crippen molar-refractivity contribution in [1.29, 1.82) is 0 Å². The first kappa shape index (κ1) is 18.2. The third-order valence-corrected chi connectivity index (χ3v) is 3.99. The molecular weight excluding hydrogens is 306 g/mol. The summed E-state index contributed by atoms with van der Waals surface area (Å²) in [6.45, 7) is 8.25. The summed E-state index contributed by atoms with van der Waals surface area (Å²) in [7, 11) is 0. The summed E-state index contributed by atoms with van der Waals surface area (Å²) in [5.41, 5.74) is 0.0650. The number of ether oxygens (including phenoxy) is 1. The van der Waals surface area contributed by atoms with Crippen molar-refractivity contribution in [2.24, 2.45) is 0 Å². The lowest BCUT2D eigenvalue weighted by Crippen LogP contribution is -2.40. The van der Waals surface area contributed by atoms with Crippen molar-refractivity contribution < 1.29 is 14.3 Å². The maximum absolute atomic E-state index is 12.6. The molecule has 2 rings (SSSR count). The standard InChI is InChI=1S/C18H27N3O3/c1-13-8-7-11-21(13)16(22)12-15(14-9-5-6-10-19-14)20-17(23)24-18(2,3)4/h5-6,9-10,13,15H,7-8,11-12H2,1-4H3,(H,20,23). The molecule has 2 amide bonds. The largest absolute Gasteiger partial charge is 0.444 e. The normalized spacial score (nSPS) is 19.0. The maximum atomic E-state index is 12.6. The van der Waals surface area contributed by atoms with Gasteiger partial charge in [0.25, 0.3) is 0 Å². The predicted molar refractivity (Wildman–Crippen MR) is 91.4 cm³/mol. The number of hydrogen-bond acceptors (Lipinski definition) is 4. The highest BCUT2D eigenvalue weighted by atomic mass is 16.6. The van der Waals surface area contributed by atoms with Crippen LogP contribution < -0.4 is 5.32 Å². The molecule has 1 saturated heterocycles. The first-order valence-electron chi connectivity index (χ1n) is 8.46. The molecule has 2 atom stereocenters. The first-order valence-corrected chi connectivity index (χ1v) is 8.46. The lowest BCUT2D eigenvalue weighted by atomic mass is 10.1. The van der Waals surface area contributed by atoms with E-state index in [0.717, 1.165) is 19.4 Å². The molecule has 1 aliphatic heterocycles. The van der Waals surface area contributed by atoms with Crippen LogP contribution in [0.25, 0.3) is 0 Å². The number of amides is 2. The van der Waals surface area contributed by atoms with Crippen LogP contribution >= 0.6 is 0 Å². The molecule has 1 aromatic rings. The van der Waals surface area contributed by atoms with E-state index < -0.39 is 17.7 Å². The molecule has 1 fully saturated rings. The Balaban J connectivity index is 2.08. The van der Waals surface area contributed by atoms with Crippen LogP contribution in [0.3, 0.4) is 0 Å². The number of rotatable bonds is 4. The fraction of sp³-hybridized carbons (Fsp3) is 0.611. The zero-order valence-electron chi connectivity index (χ0n) is 14.9. The number of hydrogen-bond donors (Lipinski definition) is 1. The monoisotopic (exact) mass is 333 g/mol. The van der Waals surface area contributed by atoms with Crippen LogP contribution in [-0.2, 0) is 9.53 Å². The van der Waals surface area contributed by atoms with Gasteiger partial charge in [-0.15, -0.1) is 0 Å². The summed E-state index contributed by atoms with van der Waals surface area (Å²) < 4.78 is 5.32. The molecule has 1 aliphatic rings. The number of nitrogens with zero attached hydrogens (tertiary/aromatic N) is 2. The summed E-state index contributed by atoms with van der Waals surface area (Å²) in [5.74, 6) is 0.0340. The van der Waals surface area contributed by atoms with Crippen LogP contribution in [0.1, 0.15) is 58.7 Å². The highest BCUT2D eigenvalue weighted by Crippen LogP contribution is 2.22. The molecule has 2 unspecified atom stereocenters. The lowest BCUT2D eigenvalue weighted by molar-refractivity contribution is -0.132. The van der Waals surface area contributed by atoms with Gasteiger partial charge in [-0.3, -0.25) is 9.78 Å². The Kier molecular flexibility index (Phi) is 5.80. The SMILES string of the molecule is CC1CCCN1C(=O)CC(NC(=O)OC(C)(C)C)c1ccccn1. The molecule has 1 N–H and O–H groups in total. The average Bonchev–Trinajstić information content (AvgIpc) is 2.92. The van der Waals surface area contributed by atoms with Crippen molar-refractivity contribution in [2.45, 2.75) is 64.6 Å². The summed E-state index contributed by atoms with van der Waals surface area (Å²) in [5, 5.41) is 2.79. The third-order valence-electron chi connectivity index (χ3n) is 3.99. The predicted octanol–water partition coefficient (Wildman–Crippen LogP) is 3.05. The molecule has 1 aromatic heterocycles. The van der Waals surface area contributed by atoms with Gasteiger partial charge in [0.1, 0.15) is 5.60 Å². The molecule has 6 heteroatoms. The van der Waals surface area contributed by atoms with Crippen molar-refractivity contribution in [1.82, 2.24) is 15.2 Å². The Morgan fingerprint density at radius 2 is 2.17 bits per heavy atom. The molecule has 6 nitrogen and oxygen atoms in total. The van der Waals surface area contributed by atoms with Crippen molar-refractivity contribution in [3.63, 3.8) is 0 Å². The zero-order chi connectivity index (χ0) is 17.7. The summed E-state index contributed by atoms with van der Waals surface area (Å²) in [4.78, 5) is 30.9. The fourth-order valence-corrected chi connectivity index (χ4v) is 2.86. The summed E-state index contributed by atoms with van der Waals surface area (Å²) in [6.07, 6.45) is 3.35. The Hall–Kier alpha value is -2.11. The third kappa shape index (κ3) is 5.22. The smallest absolute Gasteiger partial charge is 0.408 e. The second-order valence-corrected chi connectivity index (χ2v) is 7.24. The van der Waals surface area contributed by atoms with Gasteiger partial charge in [0.15, 0.2) is 0 Å². The van der Waals surface area contributed by atoms with Gasteiger partial charge in [-0.05, 0) is 52.7 Å². The highest BCUT2D eigenvalue weighted by Gasteiger charge is 2.29. The van der Waals surface area contributed by atoms with E-state index in [0.29, 0.717) is 5.69 Å². The highest BCUT2D eigenvalue weighted by molar-refractivity contribution is 5.78. The van der Waals surface area contributed by atoms with Crippen molar-refractivity contribution in [2.75, 3.05) is 6.54 Å². The van der Waals surface area contributed by atoms with Crippen LogP contribution in [0, 0.1) is 0 Å². The second kappa shape index (κ2) is 7.64. The maximum Gasteiger partial charge on any atom is 0.408 e. The molecule has 0 aromatic carbocycles. The van der Waals surface area contributed by atoms with Crippen LogP contribution in [-0.4, -0.2) is 40.1 Å². The quantitative estimate of drug-likeness (QED) is 0.919. The Labute approximate surface area is 143 Å². The van der Waals surface area contributed by atoms with E-state index in [1.807, 2.05) is 17.0 Å². The van der Waals surface area contributed by atoms with Gasteiger partial charge < -0.3 is 15.0 Å². The minimum atomic E-state index is -0.591. The molecule has 0 bridgehead atoms. The van der Waals surface area contributed by atoms with E-state index in [2.05, 4.69) is 17.2 Å². The van der Waals surface area contributed by atoms with Gasteiger partial charge in [0.05, 0.1) is 18.2 Å². The van der Waals surface area contributed by atoms with Crippen molar-refractivity contribution in [3.05, 3.63) is 30.1 Å². The Bertz CT molecular complexity index is 569. The number of alkyl carbamates (subject to hydrolysis) is 1. The van der Waals surface area contributed by atoms with Gasteiger partial charge in [0.2, 0.25) is 5.91 Å². The molecule has 132 valence electrons. The molecular formula is C18H27N3O3. The number of pyridine rings is 1. The number of likely N-dealkylation sites (tertiary alicyclic amines) is 1. The average molecular weight is 333 g/mol. The van der Waals surface area contributed by atoms with Crippen LogP contribution in [0.4, 0.5) is 4.79 Å². The fourth-order valence-electron chi connectivity index (χ4n) is 2.86. The van der Waals surface area contributed by atoms with Gasteiger partial charge >= 0.3 is 6.09 Å². The number of carbonyl (C=O) groups excluding carboxylic acids is 2. The van der Waals surface area contributed by atoms with Crippen molar-refractivity contribution in [3.8, 4) is 0 Å². The van der Waals surface area contributed by atoms with Gasteiger partial charge in [-0.25, -0.2) is 4.79 Å². The van der Waals surface area contributed by atoms with Crippen LogP contribution in [0.5, 0.6) is 0 Å². The lowest BCUT2D eigenvalue weighted by Gasteiger charge is -2.26. The van der Waals surface area contributed by atoms with E-state index >= 15 is 0 Å². The topological polar surface area (TPSA) is 71.5 Å². The molecule has 0 spiro atoms. The molecule has 0 aliphatic carbocycles. The molecule has 0 radical (unpaired) electrons. The van der Waals surface area contributed by atoms with Gasteiger partial charge in [-0.1, -0.05) is 6.07 Å². The summed E-state index contributed by atoms with van der Waals surface area (Å²) in [6, 6.07) is 5.21. The molecule has 0 saturated carbocycles. The van der Waals surface area contributed by atoms with E-state index in [1.54, 1.807) is 33.0 Å². The number of aromatic nitrogens is 1. The van der Waals surface area contributed by atoms with Crippen LogP contribution in [0.2, 0.25) is 0 Å². The van der Waals surface area contributed by atoms with Crippen molar-refractivity contribution >= 4 is 12.0 Å². The van der Waals surface area contributed by atoms with Crippen LogP contribution in [0.15, 0.2) is 24.4 Å². The zero-order valence-corrected chi connectivity index (χ0v) is 14.9. The molecule has 24 heavy (non-hydrogen) atoms. The van der Waals surface area contributed by atoms with E-state index in [1.165, 1.54) is 0 Å². The number of carbonyl (C=O) groups is 2. The van der Waals surface area contributed by atoms with E-state index in [-0.39, 0.29) is 18.4 Å². The van der Waals surface area contributed by atoms with E-state index in [9.17, 15) is 9.59 Å².